The van der Waals surface area contributed by atoms with Crippen LogP contribution in [-0.2, 0) is 18.3 Å². The Morgan fingerprint density at radius 3 is 2.69 bits per heavy atom. The van der Waals surface area contributed by atoms with Gasteiger partial charge in [0, 0.05) is 48.7 Å². The molecular weight excluding hydrogens is 348 g/mol. The number of amides is 1. The molecule has 0 N–H and O–H groups in total. The Morgan fingerprint density at radius 1 is 1.31 bits per heavy atom. The molecule has 2 aromatic heterocycles. The fourth-order valence-electron chi connectivity index (χ4n) is 3.20. The highest BCUT2D eigenvalue weighted by atomic mass is 32.1. The largest absolute Gasteiger partial charge is 0.379 e. The van der Waals surface area contributed by atoms with Gasteiger partial charge < -0.3 is 9.64 Å². The average molecular weight is 377 g/mol. The van der Waals surface area contributed by atoms with E-state index in [9.17, 15) is 4.79 Å². The molecular formula is C19H28N4O2S. The quantitative estimate of drug-likeness (QED) is 0.745. The van der Waals surface area contributed by atoms with E-state index >= 15 is 0 Å². The molecule has 1 fully saturated rings. The second-order valence-corrected chi connectivity index (χ2v) is 8.19. The van der Waals surface area contributed by atoms with Crippen molar-refractivity contribution >= 4 is 17.2 Å². The van der Waals surface area contributed by atoms with Crippen LogP contribution >= 0.6 is 11.3 Å². The maximum atomic E-state index is 13.1. The van der Waals surface area contributed by atoms with E-state index in [4.69, 9.17) is 4.74 Å². The third-order valence-electron chi connectivity index (χ3n) is 4.90. The van der Waals surface area contributed by atoms with Crippen LogP contribution in [0.5, 0.6) is 0 Å². The summed E-state index contributed by atoms with van der Waals surface area (Å²) in [7, 11) is 1.87. The summed E-state index contributed by atoms with van der Waals surface area (Å²) >= 11 is 1.76. The molecule has 3 heterocycles. The molecule has 1 aliphatic rings. The van der Waals surface area contributed by atoms with E-state index in [0.717, 1.165) is 51.5 Å². The standard InChI is InChI=1S/C19H28N4O2S/c1-15-5-6-17(26-15)14-23(8-4-7-22-9-11-25-12-10-22)19(24)18-13-20-21(3)16(18)2/h5-6,13H,4,7-12,14H2,1-3H3. The molecule has 2 aromatic rings. The van der Waals surface area contributed by atoms with Crippen LogP contribution in [0.3, 0.4) is 0 Å². The van der Waals surface area contributed by atoms with Crippen molar-refractivity contribution in [3.8, 4) is 0 Å². The first-order chi connectivity index (χ1) is 12.5. The SMILES string of the molecule is Cc1ccc(CN(CCCN2CCOCC2)C(=O)c2cnn(C)c2C)s1. The normalized spacial score (nSPS) is 15.3. The lowest BCUT2D eigenvalue weighted by molar-refractivity contribution is 0.0355. The maximum absolute atomic E-state index is 13.1. The summed E-state index contributed by atoms with van der Waals surface area (Å²) in [6.45, 7) is 10.1. The van der Waals surface area contributed by atoms with E-state index in [-0.39, 0.29) is 5.91 Å². The van der Waals surface area contributed by atoms with Crippen molar-refractivity contribution in [3.05, 3.63) is 39.3 Å². The number of hydrogen-bond acceptors (Lipinski definition) is 5. The topological polar surface area (TPSA) is 50.6 Å². The van der Waals surface area contributed by atoms with Crippen LogP contribution in [0, 0.1) is 13.8 Å². The Labute approximate surface area is 159 Å². The fraction of sp³-hybridized carbons (Fsp3) is 0.579. The van der Waals surface area contributed by atoms with Crippen molar-refractivity contribution in [2.75, 3.05) is 39.4 Å². The van der Waals surface area contributed by atoms with Gasteiger partial charge in [-0.3, -0.25) is 14.4 Å². The number of aryl methyl sites for hydroxylation is 2. The van der Waals surface area contributed by atoms with Gasteiger partial charge in [0.05, 0.1) is 31.5 Å². The van der Waals surface area contributed by atoms with Crippen LogP contribution in [-0.4, -0.2) is 64.9 Å². The van der Waals surface area contributed by atoms with Gasteiger partial charge in [0.1, 0.15) is 0 Å². The minimum absolute atomic E-state index is 0.0728. The van der Waals surface area contributed by atoms with Crippen LogP contribution in [0.15, 0.2) is 18.3 Å². The molecule has 1 saturated heterocycles. The Hall–Kier alpha value is -1.70. The molecule has 0 unspecified atom stereocenters. The van der Waals surface area contributed by atoms with E-state index in [1.165, 1.54) is 9.75 Å². The lowest BCUT2D eigenvalue weighted by Crippen LogP contribution is -2.39. The van der Waals surface area contributed by atoms with Crippen LogP contribution < -0.4 is 0 Å². The number of carbonyl (C=O) groups is 1. The minimum atomic E-state index is 0.0728. The number of carbonyl (C=O) groups excluding carboxylic acids is 1. The first-order valence-corrected chi connectivity index (χ1v) is 9.99. The van der Waals surface area contributed by atoms with Crippen LogP contribution in [0.4, 0.5) is 0 Å². The lowest BCUT2D eigenvalue weighted by Gasteiger charge is -2.28. The van der Waals surface area contributed by atoms with Gasteiger partial charge in [0.2, 0.25) is 0 Å². The Balaban J connectivity index is 1.66. The number of hydrogen-bond donors (Lipinski definition) is 0. The van der Waals surface area contributed by atoms with Gasteiger partial charge in [-0.05, 0) is 32.4 Å². The van der Waals surface area contributed by atoms with Gasteiger partial charge in [0.25, 0.3) is 5.91 Å². The van der Waals surface area contributed by atoms with Crippen LogP contribution in [0.2, 0.25) is 0 Å². The van der Waals surface area contributed by atoms with Gasteiger partial charge >= 0.3 is 0 Å². The lowest BCUT2D eigenvalue weighted by atomic mass is 10.2. The number of aromatic nitrogens is 2. The van der Waals surface area contributed by atoms with E-state index < -0.39 is 0 Å². The average Bonchev–Trinajstić information content (AvgIpc) is 3.20. The molecule has 142 valence electrons. The zero-order valence-corrected chi connectivity index (χ0v) is 16.7. The zero-order chi connectivity index (χ0) is 18.5. The highest BCUT2D eigenvalue weighted by Gasteiger charge is 2.21. The summed E-state index contributed by atoms with van der Waals surface area (Å²) in [5, 5.41) is 4.23. The van der Waals surface area contributed by atoms with Crippen molar-refractivity contribution in [1.29, 1.82) is 0 Å². The molecule has 0 atom stereocenters. The summed E-state index contributed by atoms with van der Waals surface area (Å²) in [4.78, 5) is 20.0. The molecule has 0 spiro atoms. The maximum Gasteiger partial charge on any atom is 0.257 e. The predicted molar refractivity (Wildman–Crippen MR) is 104 cm³/mol. The Morgan fingerprint density at radius 2 is 2.08 bits per heavy atom. The summed E-state index contributed by atoms with van der Waals surface area (Å²) in [6.07, 6.45) is 2.65. The number of thiophene rings is 1. The second kappa shape index (κ2) is 8.79. The molecule has 0 saturated carbocycles. The number of morpholine rings is 1. The zero-order valence-electron chi connectivity index (χ0n) is 15.9. The monoisotopic (exact) mass is 376 g/mol. The summed E-state index contributed by atoms with van der Waals surface area (Å²) < 4.78 is 7.16. The van der Waals surface area contributed by atoms with Crippen molar-refractivity contribution in [2.24, 2.45) is 7.05 Å². The molecule has 7 heteroatoms. The number of ether oxygens (including phenoxy) is 1. The van der Waals surface area contributed by atoms with Crippen LogP contribution in [0.25, 0.3) is 0 Å². The smallest absolute Gasteiger partial charge is 0.257 e. The van der Waals surface area contributed by atoms with Gasteiger partial charge in [0.15, 0.2) is 0 Å². The van der Waals surface area contributed by atoms with Gasteiger partial charge in [-0.1, -0.05) is 0 Å². The minimum Gasteiger partial charge on any atom is -0.379 e. The van der Waals surface area contributed by atoms with E-state index in [1.807, 2.05) is 18.9 Å². The van der Waals surface area contributed by atoms with E-state index in [2.05, 4.69) is 29.1 Å². The summed E-state index contributed by atoms with van der Waals surface area (Å²) in [5.74, 6) is 0.0728. The van der Waals surface area contributed by atoms with Gasteiger partial charge in [-0.2, -0.15) is 5.10 Å². The fourth-order valence-corrected chi connectivity index (χ4v) is 4.11. The first-order valence-electron chi connectivity index (χ1n) is 9.18. The van der Waals surface area contributed by atoms with Crippen molar-refractivity contribution in [2.45, 2.75) is 26.8 Å². The molecule has 0 radical (unpaired) electrons. The molecule has 26 heavy (non-hydrogen) atoms. The highest BCUT2D eigenvalue weighted by Crippen LogP contribution is 2.19. The molecule has 6 nitrogen and oxygen atoms in total. The van der Waals surface area contributed by atoms with Crippen molar-refractivity contribution < 1.29 is 9.53 Å². The molecule has 1 aliphatic heterocycles. The third-order valence-corrected chi connectivity index (χ3v) is 5.89. The van der Waals surface area contributed by atoms with Crippen molar-refractivity contribution in [1.82, 2.24) is 19.6 Å². The molecule has 0 bridgehead atoms. The number of rotatable bonds is 7. The summed E-state index contributed by atoms with van der Waals surface area (Å²) in [5.41, 5.74) is 1.61. The molecule has 0 aromatic carbocycles. The van der Waals surface area contributed by atoms with Crippen LogP contribution in [0.1, 0.15) is 32.2 Å². The Bertz CT molecular complexity index is 734. The van der Waals surface area contributed by atoms with Crippen molar-refractivity contribution in [3.63, 3.8) is 0 Å². The molecule has 1 amide bonds. The molecule has 0 aliphatic carbocycles. The van der Waals surface area contributed by atoms with E-state index in [0.29, 0.717) is 12.1 Å². The molecule has 3 rings (SSSR count). The van der Waals surface area contributed by atoms with Gasteiger partial charge in [-0.25, -0.2) is 0 Å². The van der Waals surface area contributed by atoms with Gasteiger partial charge in [-0.15, -0.1) is 11.3 Å². The second-order valence-electron chi connectivity index (χ2n) is 6.81. The first kappa shape index (κ1) is 19.1. The predicted octanol–water partition coefficient (Wildman–Crippen LogP) is 2.46. The highest BCUT2D eigenvalue weighted by molar-refractivity contribution is 7.11. The third kappa shape index (κ3) is 4.72. The Kier molecular flexibility index (Phi) is 6.45. The van der Waals surface area contributed by atoms with E-state index in [1.54, 1.807) is 22.2 Å². The summed E-state index contributed by atoms with van der Waals surface area (Å²) in [6, 6.07) is 4.24. The number of nitrogens with zero attached hydrogens (tertiary/aromatic N) is 4.